The zero-order valence-corrected chi connectivity index (χ0v) is 18.9. The van der Waals surface area contributed by atoms with Crippen LogP contribution in [0.4, 0.5) is 5.00 Å². The van der Waals surface area contributed by atoms with Crippen molar-refractivity contribution in [2.45, 2.75) is 13.8 Å². The van der Waals surface area contributed by atoms with E-state index in [0.717, 1.165) is 11.1 Å². The van der Waals surface area contributed by atoms with Gasteiger partial charge >= 0.3 is 5.97 Å². The summed E-state index contributed by atoms with van der Waals surface area (Å²) in [5.74, 6) is -1.25. The van der Waals surface area contributed by atoms with E-state index in [1.165, 1.54) is 28.3 Å². The van der Waals surface area contributed by atoms with Crippen molar-refractivity contribution in [1.29, 1.82) is 0 Å². The van der Waals surface area contributed by atoms with Crippen LogP contribution in [0, 0.1) is 6.92 Å². The lowest BCUT2D eigenvalue weighted by atomic mass is 10.0. The van der Waals surface area contributed by atoms with Gasteiger partial charge in [-0.2, -0.15) is 5.10 Å². The van der Waals surface area contributed by atoms with Gasteiger partial charge in [-0.1, -0.05) is 48.0 Å². The molecule has 0 unspecified atom stereocenters. The highest BCUT2D eigenvalue weighted by molar-refractivity contribution is 7.15. The minimum atomic E-state index is -0.700. The first-order chi connectivity index (χ1) is 16.0. The number of ether oxygens (including phenoxy) is 1. The van der Waals surface area contributed by atoms with Crippen LogP contribution in [-0.2, 0) is 4.74 Å². The lowest BCUT2D eigenvalue weighted by Gasteiger charge is -2.10. The third-order valence-electron chi connectivity index (χ3n) is 4.90. The zero-order chi connectivity index (χ0) is 23.4. The Morgan fingerprint density at radius 2 is 1.79 bits per heavy atom. The molecule has 0 aliphatic carbocycles. The van der Waals surface area contributed by atoms with Gasteiger partial charge in [0.2, 0.25) is 5.43 Å². The molecule has 1 amide bonds. The van der Waals surface area contributed by atoms with Crippen molar-refractivity contribution in [2.75, 3.05) is 11.9 Å². The van der Waals surface area contributed by atoms with E-state index in [-0.39, 0.29) is 17.9 Å². The number of anilines is 1. The molecular weight excluding hydrogens is 438 g/mol. The van der Waals surface area contributed by atoms with Gasteiger partial charge < -0.3 is 10.1 Å². The highest BCUT2D eigenvalue weighted by atomic mass is 32.1. The van der Waals surface area contributed by atoms with Gasteiger partial charge in [0, 0.05) is 23.2 Å². The van der Waals surface area contributed by atoms with E-state index in [1.807, 2.05) is 61.5 Å². The van der Waals surface area contributed by atoms with E-state index in [9.17, 15) is 14.4 Å². The Kier molecular flexibility index (Phi) is 6.46. The van der Waals surface area contributed by atoms with E-state index in [0.29, 0.717) is 16.3 Å². The molecule has 7 nitrogen and oxygen atoms in total. The number of amides is 1. The van der Waals surface area contributed by atoms with E-state index in [2.05, 4.69) is 10.4 Å². The fourth-order valence-corrected chi connectivity index (χ4v) is 4.21. The number of thiophene rings is 1. The first kappa shape index (κ1) is 22.2. The number of benzene rings is 2. The van der Waals surface area contributed by atoms with Gasteiger partial charge in [0.25, 0.3) is 5.91 Å². The van der Waals surface area contributed by atoms with Crippen LogP contribution in [0.3, 0.4) is 0 Å². The van der Waals surface area contributed by atoms with Crippen LogP contribution in [0.1, 0.15) is 33.3 Å². The van der Waals surface area contributed by atoms with Crippen molar-refractivity contribution in [1.82, 2.24) is 9.78 Å². The molecule has 0 bridgehead atoms. The van der Waals surface area contributed by atoms with Crippen LogP contribution in [0.2, 0.25) is 0 Å². The summed E-state index contributed by atoms with van der Waals surface area (Å²) in [6.07, 6.45) is 1.51. The van der Waals surface area contributed by atoms with Crippen LogP contribution >= 0.6 is 11.3 Å². The largest absolute Gasteiger partial charge is 0.462 e. The molecule has 0 aliphatic rings. The predicted molar refractivity (Wildman–Crippen MR) is 128 cm³/mol. The number of aromatic nitrogens is 2. The van der Waals surface area contributed by atoms with Crippen molar-refractivity contribution in [3.8, 4) is 16.8 Å². The third-order valence-corrected chi connectivity index (χ3v) is 5.80. The van der Waals surface area contributed by atoms with Crippen LogP contribution in [0.5, 0.6) is 0 Å². The lowest BCUT2D eigenvalue weighted by Crippen LogP contribution is -2.25. The Labute approximate surface area is 194 Å². The smallest absolute Gasteiger partial charge is 0.341 e. The highest BCUT2D eigenvalue weighted by Crippen LogP contribution is 2.36. The van der Waals surface area contributed by atoms with Crippen molar-refractivity contribution < 1.29 is 14.3 Å². The molecule has 1 N–H and O–H groups in total. The number of esters is 1. The minimum absolute atomic E-state index is 0.192. The first-order valence-electron chi connectivity index (χ1n) is 10.3. The van der Waals surface area contributed by atoms with Gasteiger partial charge in [0.1, 0.15) is 10.6 Å². The Bertz CT molecular complexity index is 1360. The zero-order valence-electron chi connectivity index (χ0n) is 18.1. The summed E-state index contributed by atoms with van der Waals surface area (Å²) in [4.78, 5) is 38.2. The molecule has 2 aromatic carbocycles. The first-order valence-corrected chi connectivity index (χ1v) is 11.2. The van der Waals surface area contributed by atoms with Crippen molar-refractivity contribution in [2.24, 2.45) is 0 Å². The maximum absolute atomic E-state index is 13.0. The molecule has 0 aliphatic heterocycles. The highest BCUT2D eigenvalue weighted by Gasteiger charge is 2.24. The molecule has 0 saturated heterocycles. The number of hydrogen-bond acceptors (Lipinski definition) is 6. The van der Waals surface area contributed by atoms with Gasteiger partial charge in [-0.05, 0) is 31.5 Å². The second kappa shape index (κ2) is 9.62. The standard InChI is InChI=1S/C25H21N3O4S/c1-3-32-25(31)21-19(17-7-5-4-6-8-17)15-33-24(21)26-23(30)22-20(29)13-14-28(27-22)18-11-9-16(2)10-12-18/h4-15H,3H2,1-2H3,(H,26,30). The summed E-state index contributed by atoms with van der Waals surface area (Å²) in [5, 5.41) is 8.99. The molecule has 0 spiro atoms. The fourth-order valence-electron chi connectivity index (χ4n) is 3.25. The van der Waals surface area contributed by atoms with Gasteiger partial charge in [0.15, 0.2) is 5.69 Å². The van der Waals surface area contributed by atoms with Crippen molar-refractivity contribution in [3.63, 3.8) is 0 Å². The molecule has 33 heavy (non-hydrogen) atoms. The van der Waals surface area contributed by atoms with E-state index in [4.69, 9.17) is 4.74 Å². The fraction of sp³-hybridized carbons (Fsp3) is 0.120. The van der Waals surface area contributed by atoms with Crippen LogP contribution in [0.25, 0.3) is 16.8 Å². The number of carbonyl (C=O) groups excluding carboxylic acids is 2. The second-order valence-electron chi connectivity index (χ2n) is 7.20. The summed E-state index contributed by atoms with van der Waals surface area (Å²) in [7, 11) is 0. The summed E-state index contributed by atoms with van der Waals surface area (Å²) >= 11 is 1.19. The van der Waals surface area contributed by atoms with Gasteiger partial charge in [-0.25, -0.2) is 9.48 Å². The van der Waals surface area contributed by atoms with Crippen LogP contribution < -0.4 is 10.7 Å². The molecule has 0 atom stereocenters. The predicted octanol–water partition coefficient (Wildman–Crippen LogP) is 4.70. The molecule has 2 aromatic heterocycles. The minimum Gasteiger partial charge on any atom is -0.462 e. The van der Waals surface area contributed by atoms with E-state index in [1.54, 1.807) is 12.3 Å². The second-order valence-corrected chi connectivity index (χ2v) is 8.08. The summed E-state index contributed by atoms with van der Waals surface area (Å²) in [6.45, 7) is 3.87. The normalized spacial score (nSPS) is 10.6. The quantitative estimate of drug-likeness (QED) is 0.422. The van der Waals surface area contributed by atoms with Crippen molar-refractivity contribution in [3.05, 3.63) is 99.3 Å². The number of nitrogens with one attached hydrogen (secondary N) is 1. The molecular formula is C25H21N3O4S. The molecule has 4 rings (SSSR count). The van der Waals surface area contributed by atoms with Crippen LogP contribution in [-0.4, -0.2) is 28.3 Å². The lowest BCUT2D eigenvalue weighted by molar-refractivity contribution is 0.0529. The number of rotatable bonds is 6. The molecule has 166 valence electrons. The average molecular weight is 460 g/mol. The molecule has 0 saturated carbocycles. The summed E-state index contributed by atoms with van der Waals surface area (Å²) in [5.41, 5.74) is 2.71. The number of aryl methyl sites for hydroxylation is 1. The Morgan fingerprint density at radius 1 is 1.06 bits per heavy atom. The Balaban J connectivity index is 1.70. The summed E-state index contributed by atoms with van der Waals surface area (Å²) < 4.78 is 6.69. The SMILES string of the molecule is CCOC(=O)c1c(-c2ccccc2)csc1NC(=O)c1nn(-c2ccc(C)cc2)ccc1=O. The molecule has 4 aromatic rings. The molecule has 8 heteroatoms. The average Bonchev–Trinajstić information content (AvgIpc) is 3.24. The molecule has 0 fully saturated rings. The Morgan fingerprint density at radius 3 is 2.48 bits per heavy atom. The van der Waals surface area contributed by atoms with Crippen LogP contribution in [0.15, 0.2) is 77.0 Å². The maximum Gasteiger partial charge on any atom is 0.341 e. The van der Waals surface area contributed by atoms with Gasteiger partial charge in [0.05, 0.1) is 12.3 Å². The number of carbonyl (C=O) groups is 2. The number of nitrogens with zero attached hydrogens (tertiary/aromatic N) is 2. The Hall–Kier alpha value is -4.04. The molecule has 2 heterocycles. The third kappa shape index (κ3) is 4.75. The topological polar surface area (TPSA) is 90.3 Å². The monoisotopic (exact) mass is 459 g/mol. The van der Waals surface area contributed by atoms with E-state index >= 15 is 0 Å². The maximum atomic E-state index is 13.0. The number of hydrogen-bond donors (Lipinski definition) is 1. The van der Waals surface area contributed by atoms with Gasteiger partial charge in [-0.15, -0.1) is 11.3 Å². The van der Waals surface area contributed by atoms with Crippen molar-refractivity contribution >= 4 is 28.2 Å². The van der Waals surface area contributed by atoms with Gasteiger partial charge in [-0.3, -0.25) is 9.59 Å². The summed E-state index contributed by atoms with van der Waals surface area (Å²) in [6, 6.07) is 18.2. The molecule has 0 radical (unpaired) electrons. The van der Waals surface area contributed by atoms with E-state index < -0.39 is 17.3 Å².